The zero-order chi connectivity index (χ0) is 16.8. The summed E-state index contributed by atoms with van der Waals surface area (Å²) in [7, 11) is 0. The lowest BCUT2D eigenvalue weighted by atomic mass is 9.85. The number of halogens is 1. The van der Waals surface area contributed by atoms with Crippen LogP contribution in [0.1, 0.15) is 12.8 Å². The molecule has 1 heterocycles. The van der Waals surface area contributed by atoms with E-state index in [0.717, 1.165) is 6.42 Å². The van der Waals surface area contributed by atoms with E-state index < -0.39 is 0 Å². The maximum Gasteiger partial charge on any atom is 0.233 e. The maximum absolute atomic E-state index is 12.5. The number of nitrogens with one attached hydrogen (secondary N) is 1. The summed E-state index contributed by atoms with van der Waals surface area (Å²) in [5.41, 5.74) is 0.530. The average Bonchev–Trinajstić information content (AvgIpc) is 3.23. The molecule has 2 fully saturated rings. The topological polar surface area (TPSA) is 66.5 Å². The van der Waals surface area contributed by atoms with Crippen LogP contribution in [-0.4, -0.2) is 29.2 Å². The van der Waals surface area contributed by atoms with E-state index in [-0.39, 0.29) is 54.4 Å². The second-order valence-corrected chi connectivity index (χ2v) is 7.01. The molecule has 1 saturated heterocycles. The number of imide groups is 1. The van der Waals surface area contributed by atoms with Crippen molar-refractivity contribution in [2.75, 3.05) is 11.9 Å². The predicted octanol–water partition coefficient (Wildman–Crippen LogP) is 2.48. The zero-order valence-electron chi connectivity index (χ0n) is 12.9. The summed E-state index contributed by atoms with van der Waals surface area (Å²) >= 11 is 6.01. The first-order valence-electron chi connectivity index (χ1n) is 8.14. The third-order valence-electron chi connectivity index (χ3n) is 5.27. The van der Waals surface area contributed by atoms with Crippen LogP contribution >= 0.6 is 11.6 Å². The van der Waals surface area contributed by atoms with Crippen molar-refractivity contribution in [3.05, 3.63) is 41.4 Å². The Morgan fingerprint density at radius 3 is 2.38 bits per heavy atom. The number of nitrogens with zero attached hydrogens (tertiary/aromatic N) is 1. The van der Waals surface area contributed by atoms with Crippen molar-refractivity contribution in [2.24, 2.45) is 23.7 Å². The van der Waals surface area contributed by atoms with Crippen molar-refractivity contribution >= 4 is 35.0 Å². The minimum Gasteiger partial charge on any atom is -0.325 e. The number of hydrogen-bond acceptors (Lipinski definition) is 3. The summed E-state index contributed by atoms with van der Waals surface area (Å²) in [6.45, 7) is 0.125. The molecule has 1 aliphatic heterocycles. The fraction of sp³-hybridized carbons (Fsp3) is 0.389. The Labute approximate surface area is 144 Å². The normalized spacial score (nSPS) is 30.1. The quantitative estimate of drug-likeness (QED) is 0.674. The first-order valence-corrected chi connectivity index (χ1v) is 8.52. The highest BCUT2D eigenvalue weighted by molar-refractivity contribution is 6.33. The van der Waals surface area contributed by atoms with Gasteiger partial charge in [-0.3, -0.25) is 19.3 Å². The molecule has 2 bridgehead atoms. The number of likely N-dealkylation sites (tertiary alicyclic amines) is 1. The average molecular weight is 345 g/mol. The van der Waals surface area contributed by atoms with Gasteiger partial charge in [-0.25, -0.2) is 0 Å². The van der Waals surface area contributed by atoms with Crippen molar-refractivity contribution in [1.82, 2.24) is 4.90 Å². The monoisotopic (exact) mass is 344 g/mol. The van der Waals surface area contributed by atoms with E-state index in [2.05, 4.69) is 17.5 Å². The van der Waals surface area contributed by atoms with Gasteiger partial charge in [0.15, 0.2) is 0 Å². The first kappa shape index (κ1) is 15.4. The third kappa shape index (κ3) is 2.35. The molecule has 3 aliphatic rings. The van der Waals surface area contributed by atoms with Gasteiger partial charge < -0.3 is 5.32 Å². The number of carbonyl (C=O) groups is 3. The van der Waals surface area contributed by atoms with Crippen LogP contribution < -0.4 is 5.32 Å². The molecule has 6 heteroatoms. The molecule has 0 spiro atoms. The molecule has 1 N–H and O–H groups in total. The Bertz CT molecular complexity index is 730. The van der Waals surface area contributed by atoms with Gasteiger partial charge in [-0.15, -0.1) is 0 Å². The molecule has 5 nitrogen and oxygen atoms in total. The smallest absolute Gasteiger partial charge is 0.233 e. The largest absolute Gasteiger partial charge is 0.325 e. The molecule has 2 aliphatic carbocycles. The minimum absolute atomic E-state index is 0.0743. The number of allylic oxidation sites excluding steroid dienone is 2. The van der Waals surface area contributed by atoms with Crippen LogP contribution in [0.4, 0.5) is 5.69 Å². The van der Waals surface area contributed by atoms with Crippen molar-refractivity contribution in [3.8, 4) is 0 Å². The molecule has 4 rings (SSSR count). The van der Waals surface area contributed by atoms with E-state index in [0.29, 0.717) is 10.7 Å². The van der Waals surface area contributed by atoms with Crippen LogP contribution in [-0.2, 0) is 14.4 Å². The highest BCUT2D eigenvalue weighted by Gasteiger charge is 2.58. The van der Waals surface area contributed by atoms with Crippen LogP contribution in [0.3, 0.4) is 0 Å². The summed E-state index contributed by atoms with van der Waals surface area (Å²) in [5.74, 6) is -0.531. The number of carbonyl (C=O) groups excluding carboxylic acids is 3. The van der Waals surface area contributed by atoms with E-state index in [4.69, 9.17) is 11.6 Å². The molecule has 4 atom stereocenters. The second kappa shape index (κ2) is 5.74. The molecule has 1 aromatic carbocycles. The molecular formula is C18H17ClN2O3. The Hall–Kier alpha value is -2.14. The Balaban J connectivity index is 1.38. The maximum atomic E-state index is 12.5. The molecule has 1 saturated carbocycles. The Morgan fingerprint density at radius 1 is 1.12 bits per heavy atom. The summed E-state index contributed by atoms with van der Waals surface area (Å²) in [4.78, 5) is 38.4. The van der Waals surface area contributed by atoms with Crippen molar-refractivity contribution in [2.45, 2.75) is 12.8 Å². The van der Waals surface area contributed by atoms with Crippen molar-refractivity contribution in [1.29, 1.82) is 0 Å². The highest BCUT2D eigenvalue weighted by atomic mass is 35.5. The SMILES string of the molecule is O=C(CCN1C(=O)[C@@H]2[C@@H](C1=O)[C@H]1C=C[C@H]2C1)Nc1ccccc1Cl. The zero-order valence-corrected chi connectivity index (χ0v) is 13.7. The van der Waals surface area contributed by atoms with E-state index in [9.17, 15) is 14.4 Å². The van der Waals surface area contributed by atoms with E-state index in [1.54, 1.807) is 24.3 Å². The number of amides is 3. The van der Waals surface area contributed by atoms with Crippen LogP contribution in [0.15, 0.2) is 36.4 Å². The van der Waals surface area contributed by atoms with Gasteiger partial charge in [0.2, 0.25) is 17.7 Å². The van der Waals surface area contributed by atoms with Gasteiger partial charge in [0, 0.05) is 13.0 Å². The summed E-state index contributed by atoms with van der Waals surface area (Å²) in [6.07, 6.45) is 5.10. The number of para-hydroxylation sites is 1. The van der Waals surface area contributed by atoms with Gasteiger partial charge >= 0.3 is 0 Å². The molecular weight excluding hydrogens is 328 g/mol. The summed E-state index contributed by atoms with van der Waals surface area (Å²) < 4.78 is 0. The Morgan fingerprint density at radius 2 is 1.75 bits per heavy atom. The fourth-order valence-electron chi connectivity index (χ4n) is 4.17. The molecule has 0 unspecified atom stereocenters. The van der Waals surface area contributed by atoms with Gasteiger partial charge in [-0.1, -0.05) is 35.9 Å². The van der Waals surface area contributed by atoms with E-state index in [1.807, 2.05) is 0 Å². The van der Waals surface area contributed by atoms with Crippen LogP contribution in [0, 0.1) is 23.7 Å². The van der Waals surface area contributed by atoms with Crippen molar-refractivity contribution < 1.29 is 14.4 Å². The molecule has 3 amide bonds. The van der Waals surface area contributed by atoms with Gasteiger partial charge in [-0.2, -0.15) is 0 Å². The molecule has 0 aromatic heterocycles. The summed E-state index contributed by atoms with van der Waals surface area (Å²) in [6, 6.07) is 6.95. The van der Waals surface area contributed by atoms with Crippen LogP contribution in [0.2, 0.25) is 5.02 Å². The van der Waals surface area contributed by atoms with Gasteiger partial charge in [0.05, 0.1) is 22.5 Å². The first-order chi connectivity index (χ1) is 11.6. The lowest BCUT2D eigenvalue weighted by Gasteiger charge is -2.17. The van der Waals surface area contributed by atoms with Gasteiger partial charge in [0.25, 0.3) is 0 Å². The van der Waals surface area contributed by atoms with Gasteiger partial charge in [0.1, 0.15) is 0 Å². The number of anilines is 1. The standard InChI is InChI=1S/C18H17ClN2O3/c19-12-3-1-2-4-13(12)20-14(22)7-8-21-17(23)15-10-5-6-11(9-10)16(15)18(21)24/h1-6,10-11,15-16H,7-9H2,(H,20,22)/t10-,11-,15-,16-/m0/s1. The Kier molecular flexibility index (Phi) is 3.68. The van der Waals surface area contributed by atoms with Crippen LogP contribution in [0.25, 0.3) is 0 Å². The number of benzene rings is 1. The van der Waals surface area contributed by atoms with Crippen LogP contribution in [0.5, 0.6) is 0 Å². The molecule has 0 radical (unpaired) electrons. The second-order valence-electron chi connectivity index (χ2n) is 6.61. The summed E-state index contributed by atoms with van der Waals surface area (Å²) in [5, 5.41) is 3.17. The predicted molar refractivity (Wildman–Crippen MR) is 89.1 cm³/mol. The fourth-order valence-corrected chi connectivity index (χ4v) is 4.36. The minimum atomic E-state index is -0.262. The van der Waals surface area contributed by atoms with Gasteiger partial charge in [-0.05, 0) is 30.4 Å². The molecule has 1 aromatic rings. The number of fused-ring (bicyclic) bond motifs is 5. The third-order valence-corrected chi connectivity index (χ3v) is 5.60. The lowest BCUT2D eigenvalue weighted by Crippen LogP contribution is -2.35. The number of hydrogen-bond donors (Lipinski definition) is 1. The van der Waals surface area contributed by atoms with E-state index >= 15 is 0 Å². The molecule has 24 heavy (non-hydrogen) atoms. The molecule has 124 valence electrons. The van der Waals surface area contributed by atoms with Crippen molar-refractivity contribution in [3.63, 3.8) is 0 Å². The van der Waals surface area contributed by atoms with E-state index in [1.165, 1.54) is 4.90 Å². The lowest BCUT2D eigenvalue weighted by molar-refractivity contribution is -0.140. The highest BCUT2D eigenvalue weighted by Crippen LogP contribution is 2.52. The number of rotatable bonds is 4.